The van der Waals surface area contributed by atoms with E-state index in [1.807, 2.05) is 6.07 Å². The van der Waals surface area contributed by atoms with Crippen LogP contribution in [0.1, 0.15) is 6.42 Å². The second kappa shape index (κ2) is 7.03. The van der Waals surface area contributed by atoms with Crippen LogP contribution >= 0.6 is 23.2 Å². The molecule has 1 aromatic heterocycles. The number of anilines is 1. The Labute approximate surface area is 147 Å². The summed E-state index contributed by atoms with van der Waals surface area (Å²) < 4.78 is 1.41. The summed E-state index contributed by atoms with van der Waals surface area (Å²) in [5.41, 5.74) is 0.824. The molecule has 0 saturated heterocycles. The molecule has 0 radical (unpaired) electrons. The van der Waals surface area contributed by atoms with Gasteiger partial charge >= 0.3 is 0 Å². The van der Waals surface area contributed by atoms with Crippen molar-refractivity contribution in [1.29, 1.82) is 0 Å². The average Bonchev–Trinajstić information content (AvgIpc) is 2.58. The fraction of sp³-hybridized carbons (Fsp3) is 0.118. The summed E-state index contributed by atoms with van der Waals surface area (Å²) in [6.45, 7) is 0.213. The van der Waals surface area contributed by atoms with E-state index < -0.39 is 0 Å². The smallest absolute Gasteiger partial charge is 0.261 e. The van der Waals surface area contributed by atoms with Gasteiger partial charge in [-0.15, -0.1) is 0 Å². The van der Waals surface area contributed by atoms with Crippen LogP contribution in [0.3, 0.4) is 0 Å². The zero-order valence-corrected chi connectivity index (χ0v) is 14.0. The van der Waals surface area contributed by atoms with Crippen LogP contribution in [0.25, 0.3) is 10.9 Å². The maximum Gasteiger partial charge on any atom is 0.261 e. The molecule has 1 amide bonds. The lowest BCUT2D eigenvalue weighted by atomic mass is 10.2. The van der Waals surface area contributed by atoms with Gasteiger partial charge in [0.15, 0.2) is 0 Å². The highest BCUT2D eigenvalue weighted by atomic mass is 35.5. The Morgan fingerprint density at radius 1 is 1.08 bits per heavy atom. The standard InChI is InChI=1S/C17H13Cl2N3O2/c18-12-5-3-6-13(19)16(12)21-15(23)8-9-22-10-20-14-7-2-1-4-11(14)17(22)24/h1-7,10H,8-9H2,(H,21,23). The Balaban J connectivity index is 1.73. The van der Waals surface area contributed by atoms with Crippen molar-refractivity contribution < 1.29 is 4.79 Å². The van der Waals surface area contributed by atoms with Gasteiger partial charge in [0, 0.05) is 13.0 Å². The number of hydrogen-bond acceptors (Lipinski definition) is 3. The molecule has 1 heterocycles. The highest BCUT2D eigenvalue weighted by Gasteiger charge is 2.10. The Hall–Kier alpha value is -2.37. The molecule has 3 rings (SSSR count). The zero-order valence-electron chi connectivity index (χ0n) is 12.5. The number of rotatable bonds is 4. The van der Waals surface area contributed by atoms with Crippen LogP contribution in [-0.4, -0.2) is 15.5 Å². The van der Waals surface area contributed by atoms with E-state index in [1.165, 1.54) is 10.9 Å². The summed E-state index contributed by atoms with van der Waals surface area (Å²) in [5.74, 6) is -0.287. The molecule has 0 spiro atoms. The molecule has 0 fully saturated rings. The van der Waals surface area contributed by atoms with Crippen molar-refractivity contribution >= 4 is 45.7 Å². The first-order chi connectivity index (χ1) is 11.6. The number of hydrogen-bond donors (Lipinski definition) is 1. The number of halogens is 2. The molecule has 24 heavy (non-hydrogen) atoms. The van der Waals surface area contributed by atoms with E-state index in [4.69, 9.17) is 23.2 Å². The molecule has 0 aliphatic rings. The van der Waals surface area contributed by atoms with Crippen molar-refractivity contribution in [2.24, 2.45) is 0 Å². The molecule has 0 aliphatic carbocycles. The molecule has 1 N–H and O–H groups in total. The summed E-state index contributed by atoms with van der Waals surface area (Å²) in [7, 11) is 0. The molecular formula is C17H13Cl2N3O2. The van der Waals surface area contributed by atoms with E-state index in [0.29, 0.717) is 26.6 Å². The molecular weight excluding hydrogens is 349 g/mol. The van der Waals surface area contributed by atoms with Crippen LogP contribution in [0.15, 0.2) is 53.6 Å². The van der Waals surface area contributed by atoms with Gasteiger partial charge < -0.3 is 5.32 Å². The van der Waals surface area contributed by atoms with E-state index in [0.717, 1.165) is 0 Å². The lowest BCUT2D eigenvalue weighted by molar-refractivity contribution is -0.116. The van der Waals surface area contributed by atoms with Crippen molar-refractivity contribution in [2.45, 2.75) is 13.0 Å². The van der Waals surface area contributed by atoms with Gasteiger partial charge in [0.25, 0.3) is 5.56 Å². The van der Waals surface area contributed by atoms with Gasteiger partial charge in [0.05, 0.1) is 33.0 Å². The first-order valence-corrected chi connectivity index (χ1v) is 8.00. The van der Waals surface area contributed by atoms with Crippen molar-refractivity contribution in [2.75, 3.05) is 5.32 Å². The van der Waals surface area contributed by atoms with Gasteiger partial charge in [-0.2, -0.15) is 0 Å². The van der Waals surface area contributed by atoms with Gasteiger partial charge in [-0.3, -0.25) is 14.2 Å². The minimum atomic E-state index is -0.287. The van der Waals surface area contributed by atoms with Crippen LogP contribution in [0.4, 0.5) is 5.69 Å². The second-order valence-electron chi connectivity index (χ2n) is 5.16. The number of aromatic nitrogens is 2. The average molecular weight is 362 g/mol. The predicted octanol–water partition coefficient (Wildman–Crippen LogP) is 3.73. The Bertz CT molecular complexity index is 949. The van der Waals surface area contributed by atoms with Crippen molar-refractivity contribution in [3.05, 3.63) is 69.2 Å². The number of nitrogens with one attached hydrogen (secondary N) is 1. The number of nitrogens with zero attached hydrogens (tertiary/aromatic N) is 2. The monoisotopic (exact) mass is 361 g/mol. The number of fused-ring (bicyclic) bond motifs is 1. The second-order valence-corrected chi connectivity index (χ2v) is 5.97. The highest BCUT2D eigenvalue weighted by Crippen LogP contribution is 2.29. The minimum absolute atomic E-state index is 0.0987. The molecule has 2 aromatic carbocycles. The Kier molecular flexibility index (Phi) is 4.83. The molecule has 0 saturated carbocycles. The van der Waals surface area contributed by atoms with Crippen LogP contribution < -0.4 is 10.9 Å². The molecule has 0 aliphatic heterocycles. The predicted molar refractivity (Wildman–Crippen MR) is 95.7 cm³/mol. The van der Waals surface area contributed by atoms with Crippen LogP contribution in [0, 0.1) is 0 Å². The fourth-order valence-electron chi connectivity index (χ4n) is 2.31. The topological polar surface area (TPSA) is 64.0 Å². The lowest BCUT2D eigenvalue weighted by Crippen LogP contribution is -2.23. The maximum absolute atomic E-state index is 12.4. The van der Waals surface area contributed by atoms with E-state index >= 15 is 0 Å². The lowest BCUT2D eigenvalue weighted by Gasteiger charge is -2.10. The van der Waals surface area contributed by atoms with Crippen molar-refractivity contribution in [3.8, 4) is 0 Å². The number of carbonyl (C=O) groups excluding carboxylic acids is 1. The number of amides is 1. The third-order valence-electron chi connectivity index (χ3n) is 3.54. The van der Waals surface area contributed by atoms with Gasteiger partial charge in [0.1, 0.15) is 0 Å². The van der Waals surface area contributed by atoms with Crippen molar-refractivity contribution in [3.63, 3.8) is 0 Å². The van der Waals surface area contributed by atoms with E-state index in [2.05, 4.69) is 10.3 Å². The van der Waals surface area contributed by atoms with Gasteiger partial charge in [-0.1, -0.05) is 41.4 Å². The molecule has 122 valence electrons. The van der Waals surface area contributed by atoms with Crippen LogP contribution in [0.5, 0.6) is 0 Å². The Morgan fingerprint density at radius 3 is 2.54 bits per heavy atom. The normalized spacial score (nSPS) is 10.8. The Morgan fingerprint density at radius 2 is 1.79 bits per heavy atom. The third-order valence-corrected chi connectivity index (χ3v) is 4.17. The van der Waals surface area contributed by atoms with Gasteiger partial charge in [-0.05, 0) is 24.3 Å². The molecule has 5 nitrogen and oxygen atoms in total. The van der Waals surface area contributed by atoms with E-state index in [9.17, 15) is 9.59 Å². The first kappa shape index (κ1) is 16.5. The minimum Gasteiger partial charge on any atom is -0.323 e. The van der Waals surface area contributed by atoms with Gasteiger partial charge in [-0.25, -0.2) is 4.98 Å². The summed E-state index contributed by atoms with van der Waals surface area (Å²) in [4.78, 5) is 28.7. The SMILES string of the molecule is O=C(CCn1cnc2ccccc2c1=O)Nc1c(Cl)cccc1Cl. The molecule has 0 atom stereocenters. The van der Waals surface area contributed by atoms with E-state index in [1.54, 1.807) is 36.4 Å². The molecule has 0 unspecified atom stereocenters. The summed E-state index contributed by atoms with van der Waals surface area (Å²) in [6, 6.07) is 12.1. The highest BCUT2D eigenvalue weighted by molar-refractivity contribution is 6.39. The number of para-hydroxylation sites is 2. The number of carbonyl (C=O) groups is 1. The number of benzene rings is 2. The zero-order chi connectivity index (χ0) is 17.1. The van der Waals surface area contributed by atoms with E-state index in [-0.39, 0.29) is 24.4 Å². The summed E-state index contributed by atoms with van der Waals surface area (Å²) in [5, 5.41) is 3.91. The maximum atomic E-state index is 12.4. The quantitative estimate of drug-likeness (QED) is 0.769. The van der Waals surface area contributed by atoms with Crippen LogP contribution in [-0.2, 0) is 11.3 Å². The fourth-order valence-corrected chi connectivity index (χ4v) is 2.80. The first-order valence-electron chi connectivity index (χ1n) is 7.24. The third kappa shape index (κ3) is 3.42. The van der Waals surface area contributed by atoms with Gasteiger partial charge in [0.2, 0.25) is 5.91 Å². The number of aryl methyl sites for hydroxylation is 1. The molecule has 3 aromatic rings. The summed E-state index contributed by atoms with van der Waals surface area (Å²) in [6.07, 6.45) is 1.54. The molecule has 7 heteroatoms. The largest absolute Gasteiger partial charge is 0.323 e. The summed E-state index contributed by atoms with van der Waals surface area (Å²) >= 11 is 12.0. The van der Waals surface area contributed by atoms with Crippen LogP contribution in [0.2, 0.25) is 10.0 Å². The molecule has 0 bridgehead atoms. The van der Waals surface area contributed by atoms with Crippen molar-refractivity contribution in [1.82, 2.24) is 9.55 Å².